The first kappa shape index (κ1) is 14.4. The van der Waals surface area contributed by atoms with Crippen LogP contribution in [0.15, 0.2) is 0 Å². The zero-order valence-corrected chi connectivity index (χ0v) is 13.0. The second-order valence-electron chi connectivity index (χ2n) is 7.69. The molecule has 3 fully saturated rings. The molecule has 2 saturated heterocycles. The molecule has 1 unspecified atom stereocenters. The van der Waals surface area contributed by atoms with Crippen molar-refractivity contribution in [2.24, 2.45) is 10.8 Å². The molecule has 3 rings (SSSR count). The van der Waals surface area contributed by atoms with E-state index in [1.807, 2.05) is 0 Å². The number of nitrogens with zero attached hydrogens (tertiary/aromatic N) is 1. The summed E-state index contributed by atoms with van der Waals surface area (Å²) in [5.74, 6) is 0.412. The lowest BCUT2D eigenvalue weighted by molar-refractivity contribution is -0.145. The normalized spacial score (nSPS) is 34.1. The van der Waals surface area contributed by atoms with E-state index in [2.05, 4.69) is 17.1 Å². The maximum absolute atomic E-state index is 12.8. The lowest BCUT2D eigenvalue weighted by Crippen LogP contribution is -2.53. The number of hydrogen-bond donors (Lipinski definition) is 1. The standard InChI is InChI=1S/C17H30N2O/c1-16(6-5-11-18-14-16)15(20)19-12-9-17(10-13-19)7-3-2-4-8-17/h18H,2-14H2,1H3. The topological polar surface area (TPSA) is 32.3 Å². The maximum atomic E-state index is 12.8. The van der Waals surface area contributed by atoms with Crippen molar-refractivity contribution in [2.45, 2.75) is 64.7 Å². The van der Waals surface area contributed by atoms with Crippen LogP contribution in [0.3, 0.4) is 0 Å². The average molecular weight is 278 g/mol. The highest BCUT2D eigenvalue weighted by Crippen LogP contribution is 2.45. The third-order valence-electron chi connectivity index (χ3n) is 6.14. The molecule has 20 heavy (non-hydrogen) atoms. The van der Waals surface area contributed by atoms with Gasteiger partial charge in [0.25, 0.3) is 0 Å². The van der Waals surface area contributed by atoms with E-state index < -0.39 is 0 Å². The van der Waals surface area contributed by atoms with Crippen LogP contribution in [0.4, 0.5) is 0 Å². The Bertz CT molecular complexity index is 344. The Labute approximate surface area is 123 Å². The van der Waals surface area contributed by atoms with Gasteiger partial charge in [0.2, 0.25) is 5.91 Å². The number of carbonyl (C=O) groups excluding carboxylic acids is 1. The van der Waals surface area contributed by atoms with Gasteiger partial charge in [-0.3, -0.25) is 4.79 Å². The molecule has 0 aromatic carbocycles. The van der Waals surface area contributed by atoms with Crippen LogP contribution >= 0.6 is 0 Å². The van der Waals surface area contributed by atoms with Crippen LogP contribution in [0.25, 0.3) is 0 Å². The summed E-state index contributed by atoms with van der Waals surface area (Å²) in [6.45, 7) is 6.12. The number of piperidine rings is 2. The van der Waals surface area contributed by atoms with Gasteiger partial charge in [0.15, 0.2) is 0 Å². The van der Waals surface area contributed by atoms with E-state index in [0.29, 0.717) is 11.3 Å². The summed E-state index contributed by atoms with van der Waals surface area (Å²) >= 11 is 0. The Morgan fingerprint density at radius 1 is 0.950 bits per heavy atom. The van der Waals surface area contributed by atoms with Crippen molar-refractivity contribution in [3.05, 3.63) is 0 Å². The molecule has 1 amide bonds. The summed E-state index contributed by atoms with van der Waals surface area (Å²) in [6, 6.07) is 0. The van der Waals surface area contributed by atoms with Crippen LogP contribution in [0.1, 0.15) is 64.7 Å². The summed E-state index contributed by atoms with van der Waals surface area (Å²) in [4.78, 5) is 15.0. The molecule has 1 atom stereocenters. The number of amides is 1. The van der Waals surface area contributed by atoms with Gasteiger partial charge < -0.3 is 10.2 Å². The highest BCUT2D eigenvalue weighted by Gasteiger charge is 2.42. The van der Waals surface area contributed by atoms with E-state index in [9.17, 15) is 4.79 Å². The zero-order valence-electron chi connectivity index (χ0n) is 13.0. The van der Waals surface area contributed by atoms with Crippen LogP contribution < -0.4 is 5.32 Å². The van der Waals surface area contributed by atoms with Gasteiger partial charge in [-0.15, -0.1) is 0 Å². The summed E-state index contributed by atoms with van der Waals surface area (Å²) in [5, 5.41) is 3.40. The van der Waals surface area contributed by atoms with Gasteiger partial charge in [-0.05, 0) is 57.4 Å². The third kappa shape index (κ3) is 2.74. The van der Waals surface area contributed by atoms with Crippen LogP contribution in [-0.2, 0) is 4.79 Å². The van der Waals surface area contributed by atoms with Crippen molar-refractivity contribution in [2.75, 3.05) is 26.2 Å². The quantitative estimate of drug-likeness (QED) is 0.800. The van der Waals surface area contributed by atoms with Gasteiger partial charge in [0.1, 0.15) is 0 Å². The first-order valence-corrected chi connectivity index (χ1v) is 8.64. The number of hydrogen-bond acceptors (Lipinski definition) is 2. The highest BCUT2D eigenvalue weighted by atomic mass is 16.2. The second-order valence-corrected chi connectivity index (χ2v) is 7.69. The second kappa shape index (κ2) is 5.67. The number of nitrogens with one attached hydrogen (secondary N) is 1. The molecule has 3 aliphatic rings. The maximum Gasteiger partial charge on any atom is 0.229 e. The SMILES string of the molecule is CC1(C(=O)N2CCC3(CCCCC3)CC2)CCCNC1. The molecule has 0 bridgehead atoms. The number of rotatable bonds is 1. The Balaban J connectivity index is 1.58. The van der Waals surface area contributed by atoms with E-state index in [1.165, 1.54) is 44.9 Å². The summed E-state index contributed by atoms with van der Waals surface area (Å²) in [5.41, 5.74) is 0.454. The molecule has 0 radical (unpaired) electrons. The molecule has 0 aromatic heterocycles. The van der Waals surface area contributed by atoms with Gasteiger partial charge in [-0.1, -0.05) is 19.3 Å². The monoisotopic (exact) mass is 278 g/mol. The van der Waals surface area contributed by atoms with E-state index in [4.69, 9.17) is 0 Å². The fourth-order valence-electron chi connectivity index (χ4n) is 4.61. The largest absolute Gasteiger partial charge is 0.342 e. The van der Waals surface area contributed by atoms with E-state index >= 15 is 0 Å². The Hall–Kier alpha value is -0.570. The lowest BCUT2D eigenvalue weighted by atomic mass is 9.68. The summed E-state index contributed by atoms with van der Waals surface area (Å²) < 4.78 is 0. The van der Waals surface area contributed by atoms with Crippen molar-refractivity contribution >= 4 is 5.91 Å². The highest BCUT2D eigenvalue weighted by molar-refractivity contribution is 5.82. The van der Waals surface area contributed by atoms with Crippen molar-refractivity contribution in [3.8, 4) is 0 Å². The Morgan fingerprint density at radius 3 is 2.25 bits per heavy atom. The molecule has 2 heterocycles. The fourth-order valence-corrected chi connectivity index (χ4v) is 4.61. The molecule has 1 aliphatic carbocycles. The Kier molecular flexibility index (Phi) is 4.07. The van der Waals surface area contributed by atoms with Crippen LogP contribution in [-0.4, -0.2) is 37.0 Å². The molecule has 3 nitrogen and oxygen atoms in total. The molecule has 1 N–H and O–H groups in total. The van der Waals surface area contributed by atoms with E-state index in [-0.39, 0.29) is 5.41 Å². The number of carbonyl (C=O) groups is 1. The molecule has 114 valence electrons. The molecule has 2 aliphatic heterocycles. The van der Waals surface area contributed by atoms with E-state index in [0.717, 1.165) is 39.0 Å². The predicted molar refractivity (Wildman–Crippen MR) is 81.5 cm³/mol. The minimum Gasteiger partial charge on any atom is -0.342 e. The third-order valence-corrected chi connectivity index (χ3v) is 6.14. The first-order chi connectivity index (χ1) is 9.64. The minimum absolute atomic E-state index is 0.144. The van der Waals surface area contributed by atoms with Crippen molar-refractivity contribution in [3.63, 3.8) is 0 Å². The Morgan fingerprint density at radius 2 is 1.65 bits per heavy atom. The van der Waals surface area contributed by atoms with Crippen LogP contribution in [0, 0.1) is 10.8 Å². The van der Waals surface area contributed by atoms with Gasteiger partial charge in [0, 0.05) is 19.6 Å². The van der Waals surface area contributed by atoms with Gasteiger partial charge >= 0.3 is 0 Å². The molecular formula is C17H30N2O. The zero-order chi connectivity index (χ0) is 14.1. The average Bonchev–Trinajstić information content (AvgIpc) is 2.49. The fraction of sp³-hybridized carbons (Fsp3) is 0.941. The predicted octanol–water partition coefficient (Wildman–Crippen LogP) is 2.95. The van der Waals surface area contributed by atoms with Gasteiger partial charge in [0.05, 0.1) is 5.41 Å². The first-order valence-electron chi connectivity index (χ1n) is 8.64. The van der Waals surface area contributed by atoms with E-state index in [1.54, 1.807) is 0 Å². The van der Waals surface area contributed by atoms with Crippen molar-refractivity contribution < 1.29 is 4.79 Å². The van der Waals surface area contributed by atoms with Crippen molar-refractivity contribution in [1.29, 1.82) is 0 Å². The number of likely N-dealkylation sites (tertiary alicyclic amines) is 1. The molecule has 1 spiro atoms. The lowest BCUT2D eigenvalue weighted by Gasteiger charge is -2.46. The smallest absolute Gasteiger partial charge is 0.229 e. The molecule has 1 saturated carbocycles. The molecule has 0 aromatic rings. The minimum atomic E-state index is -0.144. The summed E-state index contributed by atoms with van der Waals surface area (Å²) in [6.07, 6.45) is 11.8. The molecular weight excluding hydrogens is 248 g/mol. The van der Waals surface area contributed by atoms with Gasteiger partial charge in [-0.2, -0.15) is 0 Å². The van der Waals surface area contributed by atoms with Crippen molar-refractivity contribution in [1.82, 2.24) is 10.2 Å². The summed E-state index contributed by atoms with van der Waals surface area (Å²) in [7, 11) is 0. The van der Waals surface area contributed by atoms with Crippen LogP contribution in [0.2, 0.25) is 0 Å². The molecule has 3 heteroatoms. The van der Waals surface area contributed by atoms with Gasteiger partial charge in [-0.25, -0.2) is 0 Å². The van der Waals surface area contributed by atoms with Crippen LogP contribution in [0.5, 0.6) is 0 Å².